The average Bonchev–Trinajstić information content (AvgIpc) is 3.38. The van der Waals surface area contributed by atoms with Gasteiger partial charge in [0.05, 0.1) is 24.4 Å². The third-order valence-electron chi connectivity index (χ3n) is 3.96. The van der Waals surface area contributed by atoms with Crippen molar-refractivity contribution >= 4 is 27.5 Å². The maximum absolute atomic E-state index is 12.4. The zero-order valence-corrected chi connectivity index (χ0v) is 16.2. The Labute approximate surface area is 164 Å². The molecule has 1 amide bonds. The number of hydrogen-bond donors (Lipinski definition) is 1. The Morgan fingerprint density at radius 1 is 1.50 bits per heavy atom. The van der Waals surface area contributed by atoms with Crippen molar-refractivity contribution in [1.82, 2.24) is 14.6 Å². The summed E-state index contributed by atoms with van der Waals surface area (Å²) in [4.78, 5) is 16.0. The molecule has 1 heterocycles. The first kappa shape index (κ1) is 22.2. The van der Waals surface area contributed by atoms with Gasteiger partial charge in [-0.1, -0.05) is 11.6 Å². The van der Waals surface area contributed by atoms with Crippen molar-refractivity contribution in [2.75, 3.05) is 20.2 Å². The highest BCUT2D eigenvalue weighted by molar-refractivity contribution is 7.89. The zero-order valence-electron chi connectivity index (χ0n) is 14.6. The first-order chi connectivity index (χ1) is 12.9. The molecule has 0 aromatic carbocycles. The molecule has 0 unspecified atom stereocenters. The summed E-state index contributed by atoms with van der Waals surface area (Å²) < 4.78 is 65.1. The number of nitrogens with zero attached hydrogens (tertiary/aromatic N) is 3. The van der Waals surface area contributed by atoms with Crippen LogP contribution in [0.2, 0.25) is 5.15 Å². The number of hydrogen-bond acceptors (Lipinski definition) is 6. The second kappa shape index (κ2) is 8.10. The zero-order chi connectivity index (χ0) is 21.2. The van der Waals surface area contributed by atoms with Crippen molar-refractivity contribution in [2.45, 2.75) is 30.3 Å². The highest BCUT2D eigenvalue weighted by Gasteiger charge is 2.48. The summed E-state index contributed by atoms with van der Waals surface area (Å²) >= 11 is 5.89. The Bertz CT molecular complexity index is 898. The molecule has 154 valence electrons. The molecule has 0 radical (unpaired) electrons. The second-order valence-electron chi connectivity index (χ2n) is 6.13. The number of nitriles is 1. The lowest BCUT2D eigenvalue weighted by Crippen LogP contribution is -2.38. The molecule has 0 atom stereocenters. The van der Waals surface area contributed by atoms with E-state index >= 15 is 0 Å². The Morgan fingerprint density at radius 3 is 2.68 bits per heavy atom. The fourth-order valence-corrected chi connectivity index (χ4v) is 3.03. The van der Waals surface area contributed by atoms with Gasteiger partial charge in [-0.25, -0.2) is 13.4 Å². The van der Waals surface area contributed by atoms with E-state index in [4.69, 9.17) is 21.6 Å². The van der Waals surface area contributed by atoms with Crippen molar-refractivity contribution in [3.63, 3.8) is 0 Å². The van der Waals surface area contributed by atoms with Crippen LogP contribution in [0.15, 0.2) is 12.3 Å². The van der Waals surface area contributed by atoms with Crippen molar-refractivity contribution in [3.05, 3.63) is 23.0 Å². The van der Waals surface area contributed by atoms with Crippen LogP contribution in [0.25, 0.3) is 0 Å². The van der Waals surface area contributed by atoms with E-state index in [-0.39, 0.29) is 33.8 Å². The fraction of sp³-hybridized carbons (Fsp3) is 0.533. The molecular weight excluding hydrogens is 425 g/mol. The minimum Gasteiger partial charge on any atom is -0.492 e. The first-order valence-corrected chi connectivity index (χ1v) is 9.78. The fourth-order valence-electron chi connectivity index (χ4n) is 2.12. The van der Waals surface area contributed by atoms with Gasteiger partial charge in [0.2, 0.25) is 0 Å². The van der Waals surface area contributed by atoms with Gasteiger partial charge in [-0.2, -0.15) is 22.7 Å². The van der Waals surface area contributed by atoms with Crippen LogP contribution in [0.4, 0.5) is 13.2 Å². The Hall–Kier alpha value is -2.10. The number of pyridine rings is 1. The van der Waals surface area contributed by atoms with E-state index < -0.39 is 33.5 Å². The summed E-state index contributed by atoms with van der Waals surface area (Å²) in [6.45, 7) is -0.537. The van der Waals surface area contributed by atoms with Crippen LogP contribution in [-0.2, 0) is 10.0 Å². The van der Waals surface area contributed by atoms with E-state index in [1.807, 2.05) is 6.07 Å². The van der Waals surface area contributed by atoms with Crippen molar-refractivity contribution < 1.29 is 31.1 Å². The Kier molecular flexibility index (Phi) is 6.42. The first-order valence-electron chi connectivity index (χ1n) is 7.96. The van der Waals surface area contributed by atoms with E-state index in [0.29, 0.717) is 12.8 Å². The van der Waals surface area contributed by atoms with Crippen LogP contribution in [0.5, 0.6) is 5.75 Å². The lowest BCUT2D eigenvalue weighted by molar-refractivity contribution is -0.0483. The van der Waals surface area contributed by atoms with E-state index in [0.717, 1.165) is 7.05 Å². The van der Waals surface area contributed by atoms with Crippen molar-refractivity contribution in [1.29, 1.82) is 5.26 Å². The van der Waals surface area contributed by atoms with Crippen molar-refractivity contribution in [3.8, 4) is 11.8 Å². The van der Waals surface area contributed by atoms with Gasteiger partial charge in [-0.15, -0.1) is 0 Å². The van der Waals surface area contributed by atoms with E-state index in [9.17, 15) is 26.4 Å². The van der Waals surface area contributed by atoms with Gasteiger partial charge in [-0.05, 0) is 25.3 Å². The molecule has 1 N–H and O–H groups in total. The summed E-state index contributed by atoms with van der Waals surface area (Å²) in [7, 11) is -4.57. The molecule has 28 heavy (non-hydrogen) atoms. The van der Waals surface area contributed by atoms with E-state index in [2.05, 4.69) is 10.3 Å². The monoisotopic (exact) mass is 440 g/mol. The third-order valence-corrected chi connectivity index (χ3v) is 5.85. The molecule has 1 aliphatic rings. The van der Waals surface area contributed by atoms with Gasteiger partial charge in [0, 0.05) is 13.6 Å². The molecule has 1 aromatic rings. The summed E-state index contributed by atoms with van der Waals surface area (Å²) in [5, 5.41) is 11.5. The summed E-state index contributed by atoms with van der Waals surface area (Å²) in [5.41, 5.74) is -6.28. The SMILES string of the molecule is CN(CCCOc1cnc(Cl)c(C(=O)NC2(C#N)CC2)c1)S(=O)(=O)C(F)(F)F. The highest BCUT2D eigenvalue weighted by Crippen LogP contribution is 2.35. The predicted molar refractivity (Wildman–Crippen MR) is 92.0 cm³/mol. The number of aromatic nitrogens is 1. The number of carbonyl (C=O) groups excluding carboxylic acids is 1. The van der Waals surface area contributed by atoms with Gasteiger partial charge in [0.15, 0.2) is 0 Å². The molecule has 2 rings (SSSR count). The van der Waals surface area contributed by atoms with Gasteiger partial charge in [-0.3, -0.25) is 4.79 Å². The van der Waals surface area contributed by atoms with E-state index in [1.54, 1.807) is 0 Å². The molecule has 0 aliphatic heterocycles. The normalized spacial score (nSPS) is 15.8. The van der Waals surface area contributed by atoms with Gasteiger partial charge < -0.3 is 10.1 Å². The minimum absolute atomic E-state index is 0.0162. The number of alkyl halides is 3. The van der Waals surface area contributed by atoms with Crippen LogP contribution in [0.3, 0.4) is 0 Å². The lowest BCUT2D eigenvalue weighted by Gasteiger charge is -2.18. The largest absolute Gasteiger partial charge is 0.511 e. The highest BCUT2D eigenvalue weighted by atomic mass is 35.5. The Morgan fingerprint density at radius 2 is 2.14 bits per heavy atom. The molecule has 1 fully saturated rings. The minimum atomic E-state index is -5.39. The average molecular weight is 441 g/mol. The molecule has 13 heteroatoms. The molecule has 1 saturated carbocycles. The number of amides is 1. The Balaban J connectivity index is 1.92. The van der Waals surface area contributed by atoms with Crippen LogP contribution >= 0.6 is 11.6 Å². The number of halogens is 4. The molecule has 0 saturated heterocycles. The molecule has 0 bridgehead atoms. The maximum Gasteiger partial charge on any atom is 0.511 e. The molecular formula is C15H16ClF3N4O4S. The number of sulfonamides is 1. The smallest absolute Gasteiger partial charge is 0.492 e. The lowest BCUT2D eigenvalue weighted by atomic mass is 10.2. The van der Waals surface area contributed by atoms with Crippen LogP contribution in [0, 0.1) is 11.3 Å². The van der Waals surface area contributed by atoms with E-state index in [1.165, 1.54) is 12.3 Å². The molecule has 8 nitrogen and oxygen atoms in total. The van der Waals surface area contributed by atoms with Crippen LogP contribution in [-0.4, -0.2) is 54.9 Å². The summed E-state index contributed by atoms with van der Waals surface area (Å²) in [6.07, 6.45) is 2.25. The van der Waals surface area contributed by atoms with Gasteiger partial charge in [0.1, 0.15) is 16.4 Å². The van der Waals surface area contributed by atoms with Gasteiger partial charge >= 0.3 is 15.5 Å². The number of ether oxygens (including phenoxy) is 1. The second-order valence-corrected chi connectivity index (χ2v) is 8.53. The molecule has 1 aliphatic carbocycles. The molecule has 0 spiro atoms. The topological polar surface area (TPSA) is 112 Å². The molecule has 1 aromatic heterocycles. The summed E-state index contributed by atoms with van der Waals surface area (Å²) in [6, 6.07) is 3.29. The quantitative estimate of drug-likeness (QED) is 0.489. The number of nitrogens with one attached hydrogen (secondary N) is 1. The van der Waals surface area contributed by atoms with Gasteiger partial charge in [0.25, 0.3) is 5.91 Å². The number of rotatable bonds is 8. The third kappa shape index (κ3) is 5.03. The predicted octanol–water partition coefficient (Wildman–Crippen LogP) is 2.07. The summed E-state index contributed by atoms with van der Waals surface area (Å²) in [5.74, 6) is -0.476. The number of carbonyl (C=O) groups is 1. The van der Waals surface area contributed by atoms with Crippen molar-refractivity contribution in [2.24, 2.45) is 0 Å². The van der Waals surface area contributed by atoms with Crippen LogP contribution < -0.4 is 10.1 Å². The maximum atomic E-state index is 12.4. The van der Waals surface area contributed by atoms with Crippen LogP contribution in [0.1, 0.15) is 29.6 Å². The standard InChI is InChI=1S/C15H16ClF3N4O4S/c1-23(28(25,26)15(17,18)19)5-2-6-27-10-7-11(12(16)21-8-10)13(24)22-14(9-20)3-4-14/h7-8H,2-6H2,1H3,(H,22,24).